The smallest absolute Gasteiger partial charge is 0.146 e. The molecule has 5 nitrogen and oxygen atoms in total. The van der Waals surface area contributed by atoms with Crippen molar-refractivity contribution in [1.29, 1.82) is 5.26 Å². The first kappa shape index (κ1) is 18.4. The Kier molecular flexibility index (Phi) is 4.97. The van der Waals surface area contributed by atoms with Gasteiger partial charge < -0.3 is 14.9 Å². The highest BCUT2D eigenvalue weighted by Gasteiger charge is 2.24. The Balaban J connectivity index is 1.63. The van der Waals surface area contributed by atoms with E-state index in [1.54, 1.807) is 0 Å². The predicted octanol–water partition coefficient (Wildman–Crippen LogP) is 5.22. The van der Waals surface area contributed by atoms with E-state index in [1.165, 1.54) is 0 Å². The zero-order valence-corrected chi connectivity index (χ0v) is 16.3. The molecule has 2 N–H and O–H groups in total. The number of pyridine rings is 1. The third kappa shape index (κ3) is 3.44. The van der Waals surface area contributed by atoms with E-state index >= 15 is 0 Å². The average molecular weight is 394 g/mol. The van der Waals surface area contributed by atoms with E-state index in [9.17, 15) is 5.26 Å². The predicted molar refractivity (Wildman–Crippen MR) is 108 cm³/mol. The summed E-state index contributed by atoms with van der Waals surface area (Å²) in [4.78, 5) is 4.45. The van der Waals surface area contributed by atoms with Crippen molar-refractivity contribution >= 4 is 17.4 Å². The molecule has 0 radical (unpaired) electrons. The van der Waals surface area contributed by atoms with Gasteiger partial charge in [0.25, 0.3) is 0 Å². The molecule has 0 spiro atoms. The molecule has 2 heterocycles. The number of nitriles is 1. The molecule has 3 aromatic rings. The minimum atomic E-state index is 0.268. The van der Waals surface area contributed by atoms with Gasteiger partial charge in [0.2, 0.25) is 0 Å². The number of anilines is 1. The fourth-order valence-electron chi connectivity index (χ4n) is 3.60. The van der Waals surface area contributed by atoms with Crippen molar-refractivity contribution in [3.63, 3.8) is 0 Å². The number of aryl methyl sites for hydroxylation is 2. The molecule has 0 saturated carbocycles. The number of hydrogen-bond acceptors (Lipinski definition) is 5. The lowest BCUT2D eigenvalue weighted by Crippen LogP contribution is -2.11. The highest BCUT2D eigenvalue weighted by Crippen LogP contribution is 2.36. The van der Waals surface area contributed by atoms with Gasteiger partial charge in [0.15, 0.2) is 0 Å². The Bertz CT molecular complexity index is 1080. The third-order valence-electron chi connectivity index (χ3n) is 5.03. The first-order valence-corrected chi connectivity index (χ1v) is 9.64. The first-order chi connectivity index (χ1) is 13.6. The van der Waals surface area contributed by atoms with Crippen LogP contribution in [0.25, 0.3) is 11.3 Å². The lowest BCUT2D eigenvalue weighted by molar-refractivity contribution is 0.272. The van der Waals surface area contributed by atoms with Crippen molar-refractivity contribution in [3.05, 3.63) is 63.5 Å². The summed E-state index contributed by atoms with van der Waals surface area (Å²) in [5.74, 6) is 2.30. The topological polar surface area (TPSA) is 85.1 Å². The molecule has 1 aromatic carbocycles. The molecule has 1 aliphatic rings. The second-order valence-corrected chi connectivity index (χ2v) is 7.36. The summed E-state index contributed by atoms with van der Waals surface area (Å²) in [5.41, 5.74) is 10.2. The summed E-state index contributed by atoms with van der Waals surface area (Å²) in [7, 11) is 0. The minimum Gasteiger partial charge on any atom is -0.486 e. The van der Waals surface area contributed by atoms with Crippen molar-refractivity contribution in [2.75, 3.05) is 5.73 Å². The van der Waals surface area contributed by atoms with Gasteiger partial charge in [-0.1, -0.05) is 11.6 Å². The molecule has 1 aliphatic carbocycles. The average Bonchev–Trinajstić information content (AvgIpc) is 3.16. The number of hydrogen-bond donors (Lipinski definition) is 1. The largest absolute Gasteiger partial charge is 0.486 e. The SMILES string of the molecule is Cc1cc(OCc2ccc(-c3c(C#N)c(N)nc4c3CCCC4)o2)ccc1Cl. The van der Waals surface area contributed by atoms with E-state index < -0.39 is 0 Å². The molecule has 0 amide bonds. The normalized spacial score (nSPS) is 13.0. The zero-order chi connectivity index (χ0) is 19.7. The molecular formula is C22H20ClN3O2. The lowest BCUT2D eigenvalue weighted by Gasteiger charge is -2.19. The fraction of sp³-hybridized carbons (Fsp3) is 0.273. The Hall–Kier alpha value is -2.97. The van der Waals surface area contributed by atoms with Gasteiger partial charge in [-0.3, -0.25) is 0 Å². The molecule has 2 aromatic heterocycles. The van der Waals surface area contributed by atoms with Gasteiger partial charge in [-0.15, -0.1) is 0 Å². The van der Waals surface area contributed by atoms with Crippen LogP contribution in [0.15, 0.2) is 34.7 Å². The van der Waals surface area contributed by atoms with Crippen LogP contribution in [0, 0.1) is 18.3 Å². The van der Waals surface area contributed by atoms with Gasteiger partial charge >= 0.3 is 0 Å². The number of nitrogen functional groups attached to an aromatic ring is 1. The maximum Gasteiger partial charge on any atom is 0.146 e. The second kappa shape index (κ2) is 7.57. The van der Waals surface area contributed by atoms with Crippen LogP contribution in [-0.4, -0.2) is 4.98 Å². The van der Waals surface area contributed by atoms with Crippen LogP contribution < -0.4 is 10.5 Å². The number of halogens is 1. The molecule has 6 heteroatoms. The molecule has 0 saturated heterocycles. The van der Waals surface area contributed by atoms with Crippen molar-refractivity contribution in [1.82, 2.24) is 4.98 Å². The minimum absolute atomic E-state index is 0.268. The maximum absolute atomic E-state index is 9.62. The Labute approximate surface area is 168 Å². The summed E-state index contributed by atoms with van der Waals surface area (Å²) in [6.45, 7) is 2.21. The van der Waals surface area contributed by atoms with E-state index in [0.29, 0.717) is 22.1 Å². The molecule has 0 fully saturated rings. The number of rotatable bonds is 4. The van der Waals surface area contributed by atoms with E-state index in [0.717, 1.165) is 53.8 Å². The molecule has 28 heavy (non-hydrogen) atoms. The number of benzene rings is 1. The number of ether oxygens (including phenoxy) is 1. The van der Waals surface area contributed by atoms with E-state index in [-0.39, 0.29) is 12.4 Å². The van der Waals surface area contributed by atoms with Crippen LogP contribution >= 0.6 is 11.6 Å². The van der Waals surface area contributed by atoms with Crippen molar-refractivity contribution in [3.8, 4) is 23.1 Å². The highest BCUT2D eigenvalue weighted by molar-refractivity contribution is 6.31. The maximum atomic E-state index is 9.62. The van der Waals surface area contributed by atoms with Crippen LogP contribution in [0.2, 0.25) is 5.02 Å². The molecule has 142 valence electrons. The van der Waals surface area contributed by atoms with E-state index in [4.69, 9.17) is 26.5 Å². The van der Waals surface area contributed by atoms with Crippen molar-refractivity contribution < 1.29 is 9.15 Å². The Morgan fingerprint density at radius 2 is 2.07 bits per heavy atom. The van der Waals surface area contributed by atoms with Crippen molar-refractivity contribution in [2.24, 2.45) is 0 Å². The number of aromatic nitrogens is 1. The number of nitrogens with two attached hydrogens (primary N) is 1. The summed E-state index contributed by atoms with van der Waals surface area (Å²) in [6, 6.07) is 11.5. The monoisotopic (exact) mass is 393 g/mol. The van der Waals surface area contributed by atoms with E-state index in [1.807, 2.05) is 37.3 Å². The van der Waals surface area contributed by atoms with Gasteiger partial charge in [0.05, 0.1) is 0 Å². The molecule has 4 rings (SSSR count). The van der Waals surface area contributed by atoms with Crippen LogP contribution in [0.1, 0.15) is 41.0 Å². The third-order valence-corrected chi connectivity index (χ3v) is 5.46. The van der Waals surface area contributed by atoms with Crippen LogP contribution in [-0.2, 0) is 19.4 Å². The van der Waals surface area contributed by atoms with E-state index in [2.05, 4.69) is 11.1 Å². The molecular weight excluding hydrogens is 374 g/mol. The van der Waals surface area contributed by atoms with Crippen LogP contribution in [0.4, 0.5) is 5.82 Å². The number of nitrogens with zero attached hydrogens (tertiary/aromatic N) is 2. The number of fused-ring (bicyclic) bond motifs is 1. The molecule has 0 bridgehead atoms. The van der Waals surface area contributed by atoms with Crippen LogP contribution in [0.3, 0.4) is 0 Å². The summed E-state index contributed by atoms with van der Waals surface area (Å²) < 4.78 is 11.8. The van der Waals surface area contributed by atoms with Gasteiger partial charge in [-0.25, -0.2) is 4.98 Å². The van der Waals surface area contributed by atoms with Gasteiger partial charge in [-0.2, -0.15) is 5.26 Å². The lowest BCUT2D eigenvalue weighted by atomic mass is 9.89. The number of furan rings is 1. The van der Waals surface area contributed by atoms with Gasteiger partial charge in [-0.05, 0) is 74.1 Å². The molecule has 0 unspecified atom stereocenters. The quantitative estimate of drug-likeness (QED) is 0.657. The summed E-state index contributed by atoms with van der Waals surface area (Å²) >= 11 is 6.05. The molecule has 0 atom stereocenters. The first-order valence-electron chi connectivity index (χ1n) is 9.26. The summed E-state index contributed by atoms with van der Waals surface area (Å²) in [6.07, 6.45) is 3.92. The Morgan fingerprint density at radius 1 is 1.25 bits per heavy atom. The molecule has 0 aliphatic heterocycles. The fourth-order valence-corrected chi connectivity index (χ4v) is 3.72. The van der Waals surface area contributed by atoms with Gasteiger partial charge in [0, 0.05) is 16.3 Å². The van der Waals surface area contributed by atoms with Gasteiger partial charge in [0.1, 0.15) is 41.3 Å². The van der Waals surface area contributed by atoms with Crippen molar-refractivity contribution in [2.45, 2.75) is 39.2 Å². The zero-order valence-electron chi connectivity index (χ0n) is 15.6. The summed E-state index contributed by atoms with van der Waals surface area (Å²) in [5, 5.41) is 10.3. The van der Waals surface area contributed by atoms with Crippen LogP contribution in [0.5, 0.6) is 5.75 Å². The second-order valence-electron chi connectivity index (χ2n) is 6.96. The standard InChI is InChI=1S/C22H20ClN3O2/c1-13-10-14(6-8-18(13)23)27-12-15-7-9-20(28-15)21-16-4-2-3-5-19(16)26-22(25)17(21)11-24/h6-10H,2-5,12H2,1H3,(H2,25,26). The Morgan fingerprint density at radius 3 is 2.86 bits per heavy atom. The highest BCUT2D eigenvalue weighted by atomic mass is 35.5.